The van der Waals surface area contributed by atoms with Crippen molar-refractivity contribution in [2.75, 3.05) is 13.1 Å². The fourth-order valence-electron chi connectivity index (χ4n) is 2.44. The third-order valence-electron chi connectivity index (χ3n) is 3.30. The zero-order chi connectivity index (χ0) is 14.4. The largest absolute Gasteiger partial charge is 0.491 e. The molecule has 2 rings (SSSR count). The number of ether oxygens (including phenoxy) is 1. The zero-order valence-electron chi connectivity index (χ0n) is 12.7. The molecule has 118 valence electrons. The third-order valence-corrected chi connectivity index (χ3v) is 3.30. The van der Waals surface area contributed by atoms with Crippen molar-refractivity contribution in [3.8, 4) is 5.75 Å². The Labute approximate surface area is 133 Å². The molecule has 0 bridgehead atoms. The second kappa shape index (κ2) is 8.90. The van der Waals surface area contributed by atoms with Crippen LogP contribution in [0.3, 0.4) is 0 Å². The van der Waals surface area contributed by atoms with Crippen LogP contribution in [0.15, 0.2) is 24.3 Å². The highest BCUT2D eigenvalue weighted by Gasteiger charge is 2.15. The quantitative estimate of drug-likeness (QED) is 0.877. The van der Waals surface area contributed by atoms with E-state index in [9.17, 15) is 4.79 Å². The zero-order valence-corrected chi connectivity index (χ0v) is 13.5. The summed E-state index contributed by atoms with van der Waals surface area (Å²) in [5, 5.41) is 6.39. The molecule has 4 nitrogen and oxygen atoms in total. The summed E-state index contributed by atoms with van der Waals surface area (Å²) in [5.41, 5.74) is 0.990. The topological polar surface area (TPSA) is 50.4 Å². The standard InChI is InChI=1S/C16H24N2O2.ClH/c1-12(2)20-15-7-3-5-13(9-15)10-16(19)18-14-6-4-8-17-11-14;/h3,5,7,9,12,14,17H,4,6,8,10-11H2,1-2H3,(H,18,19);1H. The van der Waals surface area contributed by atoms with E-state index in [-0.39, 0.29) is 30.5 Å². The highest BCUT2D eigenvalue weighted by atomic mass is 35.5. The lowest BCUT2D eigenvalue weighted by Gasteiger charge is -2.23. The molecule has 0 radical (unpaired) electrons. The number of carbonyl (C=O) groups is 1. The monoisotopic (exact) mass is 312 g/mol. The maximum Gasteiger partial charge on any atom is 0.224 e. The lowest BCUT2D eigenvalue weighted by Crippen LogP contribution is -2.46. The Bertz CT molecular complexity index is 446. The molecule has 2 N–H and O–H groups in total. The van der Waals surface area contributed by atoms with Crippen LogP contribution in [0.25, 0.3) is 0 Å². The molecule has 1 aromatic carbocycles. The summed E-state index contributed by atoms with van der Waals surface area (Å²) >= 11 is 0. The maximum atomic E-state index is 12.0. The summed E-state index contributed by atoms with van der Waals surface area (Å²) in [6.45, 7) is 5.92. The van der Waals surface area contributed by atoms with Crippen LogP contribution in [-0.4, -0.2) is 31.1 Å². The van der Waals surface area contributed by atoms with E-state index < -0.39 is 0 Å². The van der Waals surface area contributed by atoms with E-state index in [0.717, 1.165) is 37.2 Å². The number of halogens is 1. The van der Waals surface area contributed by atoms with Crippen molar-refractivity contribution in [3.05, 3.63) is 29.8 Å². The number of rotatable bonds is 5. The molecule has 0 saturated carbocycles. The average Bonchev–Trinajstić information content (AvgIpc) is 2.39. The molecule has 5 heteroatoms. The van der Waals surface area contributed by atoms with Gasteiger partial charge in [0.25, 0.3) is 0 Å². The first kappa shape index (κ1) is 17.8. The average molecular weight is 313 g/mol. The molecule has 1 amide bonds. The fraction of sp³-hybridized carbons (Fsp3) is 0.562. The van der Waals surface area contributed by atoms with Crippen molar-refractivity contribution < 1.29 is 9.53 Å². The number of nitrogens with one attached hydrogen (secondary N) is 2. The van der Waals surface area contributed by atoms with Crippen LogP contribution < -0.4 is 15.4 Å². The van der Waals surface area contributed by atoms with Gasteiger partial charge in [0.05, 0.1) is 12.5 Å². The second-order valence-corrected chi connectivity index (χ2v) is 5.60. The van der Waals surface area contributed by atoms with Crippen molar-refractivity contribution in [3.63, 3.8) is 0 Å². The molecular weight excluding hydrogens is 288 g/mol. The molecule has 1 aliphatic heterocycles. The van der Waals surface area contributed by atoms with E-state index >= 15 is 0 Å². The summed E-state index contributed by atoms with van der Waals surface area (Å²) in [6.07, 6.45) is 2.75. The summed E-state index contributed by atoms with van der Waals surface area (Å²) in [6, 6.07) is 8.03. The lowest BCUT2D eigenvalue weighted by atomic mass is 10.1. The smallest absolute Gasteiger partial charge is 0.224 e. The summed E-state index contributed by atoms with van der Waals surface area (Å²) < 4.78 is 5.64. The van der Waals surface area contributed by atoms with Gasteiger partial charge in [-0.3, -0.25) is 4.79 Å². The second-order valence-electron chi connectivity index (χ2n) is 5.60. The Morgan fingerprint density at radius 1 is 1.48 bits per heavy atom. The molecule has 1 atom stereocenters. The Morgan fingerprint density at radius 3 is 2.95 bits per heavy atom. The first-order valence-corrected chi connectivity index (χ1v) is 7.39. The SMILES string of the molecule is CC(C)Oc1cccc(CC(=O)NC2CCCNC2)c1.Cl. The first-order valence-electron chi connectivity index (χ1n) is 7.39. The third kappa shape index (κ3) is 6.36. The van der Waals surface area contributed by atoms with Gasteiger partial charge in [0.2, 0.25) is 5.91 Å². The van der Waals surface area contributed by atoms with Gasteiger partial charge in [0.15, 0.2) is 0 Å². The summed E-state index contributed by atoms with van der Waals surface area (Å²) in [4.78, 5) is 12.0. The van der Waals surface area contributed by atoms with Gasteiger partial charge in [-0.25, -0.2) is 0 Å². The van der Waals surface area contributed by atoms with Crippen LogP contribution in [0, 0.1) is 0 Å². The van der Waals surface area contributed by atoms with Gasteiger partial charge < -0.3 is 15.4 Å². The van der Waals surface area contributed by atoms with E-state index in [2.05, 4.69) is 10.6 Å². The number of piperidine rings is 1. The molecule has 1 heterocycles. The van der Waals surface area contributed by atoms with Crippen LogP contribution in [0.2, 0.25) is 0 Å². The van der Waals surface area contributed by atoms with Crippen molar-refractivity contribution in [1.29, 1.82) is 0 Å². The predicted octanol–water partition coefficient (Wildman–Crippen LogP) is 2.31. The van der Waals surface area contributed by atoms with Gasteiger partial charge in [0.1, 0.15) is 5.75 Å². The Kier molecular flexibility index (Phi) is 7.54. The first-order chi connectivity index (χ1) is 9.63. The molecule has 1 fully saturated rings. The normalized spacial score (nSPS) is 18.0. The van der Waals surface area contributed by atoms with Gasteiger partial charge in [-0.05, 0) is 50.9 Å². The number of amides is 1. The molecule has 1 unspecified atom stereocenters. The molecule has 0 spiro atoms. The van der Waals surface area contributed by atoms with Crippen LogP contribution in [0.4, 0.5) is 0 Å². The fourth-order valence-corrected chi connectivity index (χ4v) is 2.44. The summed E-state index contributed by atoms with van der Waals surface area (Å²) in [5.74, 6) is 0.907. The van der Waals surface area contributed by atoms with Crippen molar-refractivity contribution in [2.24, 2.45) is 0 Å². The van der Waals surface area contributed by atoms with E-state index in [1.54, 1.807) is 0 Å². The van der Waals surface area contributed by atoms with Gasteiger partial charge in [-0.15, -0.1) is 12.4 Å². The van der Waals surface area contributed by atoms with Gasteiger partial charge >= 0.3 is 0 Å². The van der Waals surface area contributed by atoms with E-state index in [4.69, 9.17) is 4.74 Å². The molecular formula is C16H25ClN2O2. The van der Waals surface area contributed by atoms with E-state index in [1.807, 2.05) is 38.1 Å². The Hall–Kier alpha value is -1.26. The van der Waals surface area contributed by atoms with Crippen molar-refractivity contribution >= 4 is 18.3 Å². The highest BCUT2D eigenvalue weighted by molar-refractivity contribution is 5.85. The van der Waals surface area contributed by atoms with Crippen LogP contribution in [-0.2, 0) is 11.2 Å². The minimum absolute atomic E-state index is 0. The maximum absolute atomic E-state index is 12.0. The predicted molar refractivity (Wildman–Crippen MR) is 87.2 cm³/mol. The van der Waals surface area contributed by atoms with Gasteiger partial charge in [-0.1, -0.05) is 12.1 Å². The molecule has 1 saturated heterocycles. The van der Waals surface area contributed by atoms with E-state index in [1.165, 1.54) is 0 Å². The van der Waals surface area contributed by atoms with Crippen LogP contribution in [0.1, 0.15) is 32.3 Å². The number of carbonyl (C=O) groups excluding carboxylic acids is 1. The lowest BCUT2D eigenvalue weighted by molar-refractivity contribution is -0.121. The molecule has 0 aromatic heterocycles. The molecule has 1 aromatic rings. The minimum Gasteiger partial charge on any atom is -0.491 e. The molecule has 0 aliphatic carbocycles. The van der Waals surface area contributed by atoms with Crippen molar-refractivity contribution in [1.82, 2.24) is 10.6 Å². The number of hydrogen-bond donors (Lipinski definition) is 2. The Morgan fingerprint density at radius 2 is 2.29 bits per heavy atom. The highest BCUT2D eigenvalue weighted by Crippen LogP contribution is 2.15. The Balaban J connectivity index is 0.00000220. The van der Waals surface area contributed by atoms with Gasteiger partial charge in [-0.2, -0.15) is 0 Å². The van der Waals surface area contributed by atoms with Crippen molar-refractivity contribution in [2.45, 2.75) is 45.3 Å². The van der Waals surface area contributed by atoms with Crippen LogP contribution >= 0.6 is 12.4 Å². The number of hydrogen-bond acceptors (Lipinski definition) is 3. The molecule has 1 aliphatic rings. The van der Waals surface area contributed by atoms with E-state index in [0.29, 0.717) is 6.42 Å². The van der Waals surface area contributed by atoms with Gasteiger partial charge in [0, 0.05) is 12.6 Å². The minimum atomic E-state index is 0. The number of benzene rings is 1. The molecule has 21 heavy (non-hydrogen) atoms. The van der Waals surface area contributed by atoms with Crippen LogP contribution in [0.5, 0.6) is 5.75 Å². The summed E-state index contributed by atoms with van der Waals surface area (Å²) in [7, 11) is 0.